The number of carbonyl (C=O) groups is 1. The summed E-state index contributed by atoms with van der Waals surface area (Å²) in [5.74, 6) is 1.21. The van der Waals surface area contributed by atoms with Crippen molar-refractivity contribution < 1.29 is 9.53 Å². The smallest absolute Gasteiger partial charge is 0.243 e. The predicted molar refractivity (Wildman–Crippen MR) is 98.3 cm³/mol. The van der Waals surface area contributed by atoms with Crippen LogP contribution in [0, 0.1) is 5.92 Å². The SMILES string of the molecule is CC(C)C(C)NC(=NCC(=O)N(C)C)NCCCN1CCOCC1. The van der Waals surface area contributed by atoms with Crippen molar-refractivity contribution in [2.24, 2.45) is 10.9 Å². The lowest BCUT2D eigenvalue weighted by Crippen LogP contribution is -2.45. The Bertz CT molecular complexity index is 392. The normalized spacial score (nSPS) is 17.7. The molecule has 0 aromatic heterocycles. The van der Waals surface area contributed by atoms with Crippen molar-refractivity contribution in [2.45, 2.75) is 33.2 Å². The molecule has 1 saturated heterocycles. The van der Waals surface area contributed by atoms with Gasteiger partial charge >= 0.3 is 0 Å². The first-order valence-corrected chi connectivity index (χ1v) is 8.95. The van der Waals surface area contributed by atoms with Gasteiger partial charge in [-0.3, -0.25) is 9.69 Å². The zero-order chi connectivity index (χ0) is 17.9. The van der Waals surface area contributed by atoms with Crippen LogP contribution >= 0.6 is 0 Å². The molecule has 1 amide bonds. The Morgan fingerprint density at radius 3 is 2.50 bits per heavy atom. The van der Waals surface area contributed by atoms with Crippen molar-refractivity contribution in [1.29, 1.82) is 0 Å². The average molecular weight is 342 g/mol. The first kappa shape index (κ1) is 20.7. The summed E-state index contributed by atoms with van der Waals surface area (Å²) in [6, 6.07) is 0.296. The van der Waals surface area contributed by atoms with Crippen molar-refractivity contribution in [2.75, 3.05) is 60.0 Å². The number of aliphatic imine (C=N–C) groups is 1. The molecule has 7 nitrogen and oxygen atoms in total. The summed E-state index contributed by atoms with van der Waals surface area (Å²) >= 11 is 0. The summed E-state index contributed by atoms with van der Waals surface area (Å²) in [7, 11) is 3.49. The van der Waals surface area contributed by atoms with E-state index in [-0.39, 0.29) is 12.5 Å². The third kappa shape index (κ3) is 8.49. The number of likely N-dealkylation sites (N-methyl/N-ethyl adjacent to an activating group) is 1. The van der Waals surface area contributed by atoms with Crippen molar-refractivity contribution in [1.82, 2.24) is 20.4 Å². The molecule has 7 heteroatoms. The Morgan fingerprint density at radius 2 is 1.92 bits per heavy atom. The lowest BCUT2D eigenvalue weighted by atomic mass is 10.1. The third-order valence-corrected chi connectivity index (χ3v) is 4.28. The maximum atomic E-state index is 11.7. The second kappa shape index (κ2) is 11.3. The fourth-order valence-corrected chi connectivity index (χ4v) is 2.16. The molecule has 1 unspecified atom stereocenters. The lowest BCUT2D eigenvalue weighted by Gasteiger charge is -2.26. The minimum absolute atomic E-state index is 0.00150. The Kier molecular flexibility index (Phi) is 9.71. The van der Waals surface area contributed by atoms with Crippen molar-refractivity contribution >= 4 is 11.9 Å². The van der Waals surface area contributed by atoms with Gasteiger partial charge in [-0.05, 0) is 25.8 Å². The second-order valence-electron chi connectivity index (χ2n) is 6.86. The van der Waals surface area contributed by atoms with E-state index in [0.717, 1.165) is 45.8 Å². The Morgan fingerprint density at radius 1 is 1.25 bits per heavy atom. The van der Waals surface area contributed by atoms with E-state index >= 15 is 0 Å². The number of guanidine groups is 1. The third-order valence-electron chi connectivity index (χ3n) is 4.28. The molecular weight excluding hydrogens is 306 g/mol. The van der Waals surface area contributed by atoms with E-state index in [9.17, 15) is 4.79 Å². The van der Waals surface area contributed by atoms with Gasteiger partial charge in [-0.2, -0.15) is 0 Å². The zero-order valence-electron chi connectivity index (χ0n) is 16.0. The van der Waals surface area contributed by atoms with Crippen LogP contribution in [0.15, 0.2) is 4.99 Å². The van der Waals surface area contributed by atoms with E-state index in [1.165, 1.54) is 0 Å². The van der Waals surface area contributed by atoms with Crippen molar-refractivity contribution in [3.63, 3.8) is 0 Å². The van der Waals surface area contributed by atoms with Gasteiger partial charge in [0.25, 0.3) is 0 Å². The second-order valence-corrected chi connectivity index (χ2v) is 6.86. The highest BCUT2D eigenvalue weighted by molar-refractivity contribution is 5.84. The largest absolute Gasteiger partial charge is 0.379 e. The van der Waals surface area contributed by atoms with Crippen LogP contribution < -0.4 is 10.6 Å². The number of carbonyl (C=O) groups excluding carboxylic acids is 1. The standard InChI is InChI=1S/C17H35N5O2/c1-14(2)15(3)20-17(19-13-16(23)21(4)5)18-7-6-8-22-9-11-24-12-10-22/h14-15H,6-13H2,1-5H3,(H2,18,19,20). The van der Waals surface area contributed by atoms with Gasteiger partial charge in [0, 0.05) is 39.8 Å². The fraction of sp³-hybridized carbons (Fsp3) is 0.882. The number of amides is 1. The molecule has 0 spiro atoms. The van der Waals surface area contributed by atoms with Crippen LogP contribution in [-0.2, 0) is 9.53 Å². The zero-order valence-corrected chi connectivity index (χ0v) is 16.0. The monoisotopic (exact) mass is 341 g/mol. The first-order chi connectivity index (χ1) is 11.4. The van der Waals surface area contributed by atoms with E-state index < -0.39 is 0 Å². The van der Waals surface area contributed by atoms with Gasteiger partial charge in [-0.1, -0.05) is 13.8 Å². The van der Waals surface area contributed by atoms with Gasteiger partial charge in [-0.25, -0.2) is 4.99 Å². The number of hydrogen-bond donors (Lipinski definition) is 2. The summed E-state index contributed by atoms with van der Waals surface area (Å²) in [5, 5.41) is 6.73. The van der Waals surface area contributed by atoms with Crippen LogP contribution in [0.25, 0.3) is 0 Å². The molecule has 1 heterocycles. The highest BCUT2D eigenvalue weighted by Crippen LogP contribution is 2.00. The van der Waals surface area contributed by atoms with Gasteiger partial charge in [-0.15, -0.1) is 0 Å². The molecule has 1 rings (SSSR count). The molecule has 0 saturated carbocycles. The van der Waals surface area contributed by atoms with Crippen LogP contribution in [0.3, 0.4) is 0 Å². The van der Waals surface area contributed by atoms with Crippen LogP contribution in [0.2, 0.25) is 0 Å². The maximum absolute atomic E-state index is 11.7. The van der Waals surface area contributed by atoms with Gasteiger partial charge < -0.3 is 20.3 Å². The molecule has 1 aliphatic rings. The summed E-state index contributed by atoms with van der Waals surface area (Å²) in [5.41, 5.74) is 0. The van der Waals surface area contributed by atoms with Crippen LogP contribution in [0.1, 0.15) is 27.2 Å². The van der Waals surface area contributed by atoms with Gasteiger partial charge in [0.1, 0.15) is 6.54 Å². The van der Waals surface area contributed by atoms with Crippen molar-refractivity contribution in [3.05, 3.63) is 0 Å². The van der Waals surface area contributed by atoms with E-state index in [1.807, 2.05) is 0 Å². The molecule has 0 aromatic rings. The first-order valence-electron chi connectivity index (χ1n) is 8.95. The highest BCUT2D eigenvalue weighted by Gasteiger charge is 2.12. The Labute approximate surface area is 146 Å². The predicted octanol–water partition coefficient (Wildman–Crippen LogP) is 0.377. The molecule has 0 aliphatic carbocycles. The van der Waals surface area contributed by atoms with Crippen LogP contribution in [-0.4, -0.2) is 87.7 Å². The number of nitrogens with one attached hydrogen (secondary N) is 2. The fourth-order valence-electron chi connectivity index (χ4n) is 2.16. The lowest BCUT2D eigenvalue weighted by molar-refractivity contribution is -0.127. The molecule has 2 N–H and O–H groups in total. The number of rotatable bonds is 8. The molecule has 0 bridgehead atoms. The quantitative estimate of drug-likeness (QED) is 0.379. The summed E-state index contributed by atoms with van der Waals surface area (Å²) in [6.45, 7) is 12.2. The Balaban J connectivity index is 2.41. The molecule has 0 radical (unpaired) electrons. The minimum Gasteiger partial charge on any atom is -0.379 e. The summed E-state index contributed by atoms with van der Waals surface area (Å²) < 4.78 is 5.36. The summed E-state index contributed by atoms with van der Waals surface area (Å²) in [6.07, 6.45) is 1.04. The molecular formula is C17H35N5O2. The van der Waals surface area contributed by atoms with E-state index in [0.29, 0.717) is 17.9 Å². The molecule has 1 fully saturated rings. The number of morpholine rings is 1. The van der Waals surface area contributed by atoms with Crippen LogP contribution in [0.5, 0.6) is 0 Å². The molecule has 1 atom stereocenters. The van der Waals surface area contributed by atoms with Gasteiger partial charge in [0.2, 0.25) is 5.91 Å². The van der Waals surface area contributed by atoms with E-state index in [4.69, 9.17) is 4.74 Å². The maximum Gasteiger partial charge on any atom is 0.243 e. The Hall–Kier alpha value is -1.34. The van der Waals surface area contributed by atoms with Crippen molar-refractivity contribution in [3.8, 4) is 0 Å². The number of nitrogens with zero attached hydrogens (tertiary/aromatic N) is 3. The minimum atomic E-state index is 0.00150. The van der Waals surface area contributed by atoms with Crippen LogP contribution in [0.4, 0.5) is 0 Å². The number of ether oxygens (including phenoxy) is 1. The molecule has 24 heavy (non-hydrogen) atoms. The number of hydrogen-bond acceptors (Lipinski definition) is 4. The topological polar surface area (TPSA) is 69.2 Å². The molecule has 140 valence electrons. The van der Waals surface area contributed by atoms with Gasteiger partial charge in [0.15, 0.2) is 5.96 Å². The summed E-state index contributed by atoms with van der Waals surface area (Å²) in [4.78, 5) is 20.1. The van der Waals surface area contributed by atoms with E-state index in [2.05, 4.69) is 41.3 Å². The molecule has 0 aromatic carbocycles. The van der Waals surface area contributed by atoms with Gasteiger partial charge in [0.05, 0.1) is 13.2 Å². The van der Waals surface area contributed by atoms with E-state index in [1.54, 1.807) is 19.0 Å². The molecule has 1 aliphatic heterocycles. The average Bonchev–Trinajstić information content (AvgIpc) is 2.56. The highest BCUT2D eigenvalue weighted by atomic mass is 16.5.